The second-order valence-electron chi connectivity index (χ2n) is 5.52. The number of allylic oxidation sites excluding steroid dienone is 2. The summed E-state index contributed by atoms with van der Waals surface area (Å²) >= 11 is 0. The van der Waals surface area contributed by atoms with Crippen molar-refractivity contribution in [1.29, 1.82) is 0 Å². The van der Waals surface area contributed by atoms with E-state index in [2.05, 4.69) is 30.1 Å². The van der Waals surface area contributed by atoms with Gasteiger partial charge in [0.2, 0.25) is 0 Å². The number of nitrogens with two attached hydrogens (primary N) is 2. The summed E-state index contributed by atoms with van der Waals surface area (Å²) in [5.74, 6) is 0.531. The van der Waals surface area contributed by atoms with Crippen LogP contribution >= 0.6 is 0 Å². The molecule has 0 aromatic heterocycles. The van der Waals surface area contributed by atoms with E-state index in [-0.39, 0.29) is 0 Å². The minimum Gasteiger partial charge on any atom is -0.381 e. The number of unbranched alkanes of at least 4 members (excludes halogenated alkanes) is 2. The van der Waals surface area contributed by atoms with Crippen LogP contribution in [0.5, 0.6) is 0 Å². The fraction of sp³-hybridized carbons (Fsp3) is 0.722. The maximum Gasteiger partial charge on any atom is 0.0528 e. The number of nitrogens with zero attached hydrogens (tertiary/aromatic N) is 1. The molecule has 0 bridgehead atoms. The minimum absolute atomic E-state index is 0.484. The highest BCUT2D eigenvalue weighted by atomic mass is 16.5. The Morgan fingerprint density at radius 1 is 1.23 bits per heavy atom. The van der Waals surface area contributed by atoms with Gasteiger partial charge in [-0.1, -0.05) is 31.6 Å². The molecule has 1 unspecified atom stereocenters. The van der Waals surface area contributed by atoms with Crippen LogP contribution in [-0.4, -0.2) is 32.5 Å². The SMILES string of the molecule is CCCC(/C=C\CCCCN)COCCC=C(C)/N=C\CN. The molecule has 0 aromatic carbocycles. The molecule has 0 radical (unpaired) electrons. The summed E-state index contributed by atoms with van der Waals surface area (Å²) in [6.45, 7) is 7.03. The molecule has 4 nitrogen and oxygen atoms in total. The van der Waals surface area contributed by atoms with Crippen LogP contribution < -0.4 is 11.5 Å². The molecule has 0 aliphatic carbocycles. The molecule has 4 N–H and O–H groups in total. The molecule has 0 aromatic rings. The lowest BCUT2D eigenvalue weighted by Crippen LogP contribution is -2.08. The van der Waals surface area contributed by atoms with Gasteiger partial charge in [0.05, 0.1) is 13.2 Å². The lowest BCUT2D eigenvalue weighted by molar-refractivity contribution is 0.113. The molecule has 22 heavy (non-hydrogen) atoms. The lowest BCUT2D eigenvalue weighted by atomic mass is 10.0. The van der Waals surface area contributed by atoms with Crippen LogP contribution in [0.25, 0.3) is 0 Å². The van der Waals surface area contributed by atoms with Crippen LogP contribution in [0.2, 0.25) is 0 Å². The first-order valence-electron chi connectivity index (χ1n) is 8.58. The predicted molar refractivity (Wildman–Crippen MR) is 97.2 cm³/mol. The third-order valence-electron chi connectivity index (χ3n) is 3.33. The van der Waals surface area contributed by atoms with Crippen LogP contribution in [-0.2, 0) is 4.74 Å². The summed E-state index contributed by atoms with van der Waals surface area (Å²) < 4.78 is 5.79. The Hall–Kier alpha value is -0.970. The zero-order valence-corrected chi connectivity index (χ0v) is 14.5. The van der Waals surface area contributed by atoms with Gasteiger partial charge in [-0.3, -0.25) is 4.99 Å². The molecule has 0 heterocycles. The van der Waals surface area contributed by atoms with Crippen molar-refractivity contribution in [3.8, 4) is 0 Å². The van der Waals surface area contributed by atoms with E-state index < -0.39 is 0 Å². The van der Waals surface area contributed by atoms with Gasteiger partial charge in [0.1, 0.15) is 0 Å². The van der Waals surface area contributed by atoms with Crippen molar-refractivity contribution < 1.29 is 4.74 Å². The van der Waals surface area contributed by atoms with Crippen molar-refractivity contribution in [2.75, 3.05) is 26.3 Å². The molecule has 4 heteroatoms. The number of hydrogen-bond acceptors (Lipinski definition) is 4. The summed E-state index contributed by atoms with van der Waals surface area (Å²) in [7, 11) is 0. The third-order valence-corrected chi connectivity index (χ3v) is 3.33. The summed E-state index contributed by atoms with van der Waals surface area (Å²) in [6, 6.07) is 0. The highest BCUT2D eigenvalue weighted by Gasteiger charge is 2.03. The van der Waals surface area contributed by atoms with Crippen LogP contribution in [0.4, 0.5) is 0 Å². The molecule has 128 valence electrons. The van der Waals surface area contributed by atoms with Crippen molar-refractivity contribution in [3.05, 3.63) is 23.9 Å². The van der Waals surface area contributed by atoms with E-state index in [0.717, 1.165) is 44.7 Å². The summed E-state index contributed by atoms with van der Waals surface area (Å²) in [4.78, 5) is 4.21. The smallest absolute Gasteiger partial charge is 0.0528 e. The van der Waals surface area contributed by atoms with E-state index in [1.165, 1.54) is 19.3 Å². The second kappa shape index (κ2) is 16.4. The molecule has 0 amide bonds. The van der Waals surface area contributed by atoms with Gasteiger partial charge in [0, 0.05) is 24.4 Å². The quantitative estimate of drug-likeness (QED) is 0.293. The van der Waals surface area contributed by atoms with E-state index in [4.69, 9.17) is 16.2 Å². The summed E-state index contributed by atoms with van der Waals surface area (Å²) in [6.07, 6.45) is 15.1. The first-order valence-corrected chi connectivity index (χ1v) is 8.58. The fourth-order valence-corrected chi connectivity index (χ4v) is 2.14. The summed E-state index contributed by atoms with van der Waals surface area (Å²) in [5.41, 5.74) is 11.9. The van der Waals surface area contributed by atoms with Crippen LogP contribution in [0, 0.1) is 5.92 Å². The Morgan fingerprint density at radius 3 is 2.73 bits per heavy atom. The van der Waals surface area contributed by atoms with Crippen molar-refractivity contribution in [2.24, 2.45) is 22.4 Å². The molecule has 1 atom stereocenters. The first-order chi connectivity index (χ1) is 10.7. The molecule has 0 saturated carbocycles. The van der Waals surface area contributed by atoms with E-state index in [9.17, 15) is 0 Å². The highest BCUT2D eigenvalue weighted by molar-refractivity contribution is 5.60. The molecule has 0 aliphatic heterocycles. The average Bonchev–Trinajstić information content (AvgIpc) is 2.52. The Morgan fingerprint density at radius 2 is 2.05 bits per heavy atom. The van der Waals surface area contributed by atoms with E-state index in [1.807, 2.05) is 6.92 Å². The summed E-state index contributed by atoms with van der Waals surface area (Å²) in [5, 5.41) is 0. The van der Waals surface area contributed by atoms with Gasteiger partial charge in [-0.15, -0.1) is 0 Å². The Labute approximate surface area is 136 Å². The Kier molecular flexibility index (Phi) is 15.7. The van der Waals surface area contributed by atoms with Gasteiger partial charge in [-0.2, -0.15) is 0 Å². The largest absolute Gasteiger partial charge is 0.381 e. The monoisotopic (exact) mass is 309 g/mol. The normalized spacial score (nSPS) is 14.3. The zero-order chi connectivity index (χ0) is 16.5. The minimum atomic E-state index is 0.484. The van der Waals surface area contributed by atoms with Crippen molar-refractivity contribution >= 4 is 6.21 Å². The molecule has 0 rings (SSSR count). The molecule has 0 aliphatic rings. The van der Waals surface area contributed by atoms with Gasteiger partial charge >= 0.3 is 0 Å². The maximum atomic E-state index is 5.79. The number of hydrogen-bond donors (Lipinski definition) is 2. The third kappa shape index (κ3) is 14.0. The maximum absolute atomic E-state index is 5.79. The average molecular weight is 309 g/mol. The predicted octanol–water partition coefficient (Wildman–Crippen LogP) is 3.43. The Bertz CT molecular complexity index is 324. The van der Waals surface area contributed by atoms with Crippen LogP contribution in [0.15, 0.2) is 28.9 Å². The van der Waals surface area contributed by atoms with E-state index >= 15 is 0 Å². The molecule has 0 fully saturated rings. The highest BCUT2D eigenvalue weighted by Crippen LogP contribution is 2.10. The van der Waals surface area contributed by atoms with Crippen molar-refractivity contribution in [1.82, 2.24) is 0 Å². The molecular weight excluding hydrogens is 274 g/mol. The topological polar surface area (TPSA) is 73.6 Å². The van der Waals surface area contributed by atoms with Crippen molar-refractivity contribution in [2.45, 2.75) is 52.4 Å². The van der Waals surface area contributed by atoms with Crippen molar-refractivity contribution in [3.63, 3.8) is 0 Å². The standard InChI is InChI=1S/C18H35N3O/c1-3-9-18(11-6-4-5-7-12-19)16-22-15-8-10-17(2)21-14-13-20/h6,10-11,14,18H,3-5,7-9,12-13,15-16,19-20H2,1-2H3/b11-6-,17-10?,21-14-. The van der Waals surface area contributed by atoms with Gasteiger partial charge in [-0.25, -0.2) is 0 Å². The zero-order valence-electron chi connectivity index (χ0n) is 14.5. The molecule has 0 spiro atoms. The second-order valence-corrected chi connectivity index (χ2v) is 5.52. The number of aliphatic imine (C=N–C) groups is 1. The van der Waals surface area contributed by atoms with Crippen LogP contribution in [0.1, 0.15) is 52.4 Å². The van der Waals surface area contributed by atoms with Crippen LogP contribution in [0.3, 0.4) is 0 Å². The van der Waals surface area contributed by atoms with Gasteiger partial charge in [0.25, 0.3) is 0 Å². The molecule has 0 saturated heterocycles. The first kappa shape index (κ1) is 21.0. The van der Waals surface area contributed by atoms with E-state index in [0.29, 0.717) is 12.5 Å². The Balaban J connectivity index is 3.87. The number of ether oxygens (including phenoxy) is 1. The van der Waals surface area contributed by atoms with Gasteiger partial charge < -0.3 is 16.2 Å². The van der Waals surface area contributed by atoms with Gasteiger partial charge in [-0.05, 0) is 45.6 Å². The number of rotatable bonds is 14. The molecular formula is C18H35N3O. The van der Waals surface area contributed by atoms with Gasteiger partial charge in [0.15, 0.2) is 0 Å². The van der Waals surface area contributed by atoms with E-state index in [1.54, 1.807) is 6.21 Å². The fourth-order valence-electron chi connectivity index (χ4n) is 2.14. The lowest BCUT2D eigenvalue weighted by Gasteiger charge is -2.12.